The zero-order valence-electron chi connectivity index (χ0n) is 17.4. The zero-order chi connectivity index (χ0) is 19.3. The molecule has 0 spiro atoms. The van der Waals surface area contributed by atoms with E-state index in [1.54, 1.807) is 0 Å². The molecule has 26 heavy (non-hydrogen) atoms. The molecule has 3 amide bonds. The van der Waals surface area contributed by atoms with Crippen LogP contribution < -0.4 is 5.32 Å². The molecule has 2 rings (SSSR count). The Morgan fingerprint density at radius 2 is 1.58 bits per heavy atom. The molecular weight excluding hydrogens is 328 g/mol. The van der Waals surface area contributed by atoms with E-state index < -0.39 is 0 Å². The predicted octanol–water partition coefficient (Wildman–Crippen LogP) is 2.54. The van der Waals surface area contributed by atoms with Crippen LogP contribution in [0.5, 0.6) is 0 Å². The van der Waals surface area contributed by atoms with Crippen molar-refractivity contribution in [2.75, 3.05) is 39.3 Å². The first-order valence-corrected chi connectivity index (χ1v) is 10.4. The van der Waals surface area contributed by atoms with Gasteiger partial charge in [0, 0.05) is 44.8 Å². The summed E-state index contributed by atoms with van der Waals surface area (Å²) >= 11 is 0. The van der Waals surface area contributed by atoms with Crippen LogP contribution in [0, 0.1) is 5.92 Å². The Kier molecular flexibility index (Phi) is 7.33. The Hall–Kier alpha value is -1.30. The Morgan fingerprint density at radius 1 is 1.04 bits per heavy atom. The molecule has 0 aromatic carbocycles. The number of amides is 3. The molecule has 0 radical (unpaired) electrons. The fourth-order valence-corrected chi connectivity index (χ4v) is 4.25. The molecule has 6 heteroatoms. The van der Waals surface area contributed by atoms with Crippen molar-refractivity contribution < 1.29 is 9.59 Å². The fraction of sp³-hybridized carbons (Fsp3) is 0.900. The van der Waals surface area contributed by atoms with Crippen LogP contribution in [0.4, 0.5) is 4.79 Å². The SMILES string of the molecule is CCN(CC)C(=O)C(C1CCCC1)N1CCN(C(=O)NC(C)(C)C)CC1. The van der Waals surface area contributed by atoms with Gasteiger partial charge in [-0.25, -0.2) is 4.79 Å². The highest BCUT2D eigenvalue weighted by Crippen LogP contribution is 2.32. The maximum absolute atomic E-state index is 13.2. The van der Waals surface area contributed by atoms with Gasteiger partial charge in [0.1, 0.15) is 0 Å². The molecular formula is C20H38N4O2. The summed E-state index contributed by atoms with van der Waals surface area (Å²) in [5.74, 6) is 0.757. The summed E-state index contributed by atoms with van der Waals surface area (Å²) in [5.41, 5.74) is -0.223. The van der Waals surface area contributed by atoms with Gasteiger partial charge in [-0.2, -0.15) is 0 Å². The lowest BCUT2D eigenvalue weighted by molar-refractivity contribution is -0.139. The summed E-state index contributed by atoms with van der Waals surface area (Å²) in [6.45, 7) is 14.6. The van der Waals surface area contributed by atoms with E-state index in [-0.39, 0.29) is 23.5 Å². The van der Waals surface area contributed by atoms with Crippen molar-refractivity contribution in [1.29, 1.82) is 0 Å². The van der Waals surface area contributed by atoms with E-state index in [9.17, 15) is 9.59 Å². The van der Waals surface area contributed by atoms with Crippen molar-refractivity contribution in [3.8, 4) is 0 Å². The lowest BCUT2D eigenvalue weighted by atomic mass is 9.94. The van der Waals surface area contributed by atoms with Crippen molar-refractivity contribution in [2.24, 2.45) is 5.92 Å². The number of likely N-dealkylation sites (N-methyl/N-ethyl adjacent to an activating group) is 1. The molecule has 0 aromatic rings. The summed E-state index contributed by atoms with van der Waals surface area (Å²) in [7, 11) is 0. The van der Waals surface area contributed by atoms with Crippen LogP contribution in [0.15, 0.2) is 0 Å². The van der Waals surface area contributed by atoms with Gasteiger partial charge in [0.25, 0.3) is 0 Å². The third-order valence-corrected chi connectivity index (χ3v) is 5.65. The van der Waals surface area contributed by atoms with Crippen LogP contribution in [0.2, 0.25) is 0 Å². The number of nitrogens with one attached hydrogen (secondary N) is 1. The monoisotopic (exact) mass is 366 g/mol. The van der Waals surface area contributed by atoms with Crippen molar-refractivity contribution in [3.63, 3.8) is 0 Å². The van der Waals surface area contributed by atoms with Crippen molar-refractivity contribution >= 4 is 11.9 Å². The first-order valence-electron chi connectivity index (χ1n) is 10.4. The molecule has 150 valence electrons. The molecule has 1 unspecified atom stereocenters. The number of rotatable bonds is 5. The summed E-state index contributed by atoms with van der Waals surface area (Å²) in [6, 6.07) is -0.00476. The van der Waals surface area contributed by atoms with Gasteiger partial charge in [-0.15, -0.1) is 0 Å². The van der Waals surface area contributed by atoms with E-state index in [0.717, 1.165) is 39.0 Å². The average molecular weight is 367 g/mol. The van der Waals surface area contributed by atoms with E-state index >= 15 is 0 Å². The average Bonchev–Trinajstić information content (AvgIpc) is 3.09. The molecule has 1 saturated heterocycles. The van der Waals surface area contributed by atoms with Crippen LogP contribution in [-0.2, 0) is 4.79 Å². The summed E-state index contributed by atoms with van der Waals surface area (Å²) in [6.07, 6.45) is 4.78. The lowest BCUT2D eigenvalue weighted by Gasteiger charge is -2.42. The molecule has 6 nitrogen and oxygen atoms in total. The number of nitrogens with zero attached hydrogens (tertiary/aromatic N) is 3. The minimum absolute atomic E-state index is 0.00429. The Labute approximate surface area is 159 Å². The molecule has 1 aliphatic heterocycles. The molecule has 1 heterocycles. The fourth-order valence-electron chi connectivity index (χ4n) is 4.25. The summed E-state index contributed by atoms with van der Waals surface area (Å²) in [5, 5.41) is 3.04. The Balaban J connectivity index is 2.02. The molecule has 1 aliphatic carbocycles. The highest BCUT2D eigenvalue weighted by Gasteiger charge is 2.38. The first kappa shape index (κ1) is 21.0. The number of piperazine rings is 1. The largest absolute Gasteiger partial charge is 0.342 e. The first-order chi connectivity index (χ1) is 12.3. The van der Waals surface area contributed by atoms with E-state index in [4.69, 9.17) is 0 Å². The van der Waals surface area contributed by atoms with Crippen molar-refractivity contribution in [3.05, 3.63) is 0 Å². The standard InChI is InChI=1S/C20H38N4O2/c1-6-22(7-2)18(25)17(16-10-8-9-11-16)23-12-14-24(15-13-23)19(26)21-20(3,4)5/h16-17H,6-15H2,1-5H3,(H,21,26). The minimum atomic E-state index is -0.223. The van der Waals surface area contributed by atoms with Gasteiger partial charge in [-0.05, 0) is 53.4 Å². The Bertz CT molecular complexity index is 471. The van der Waals surface area contributed by atoms with Crippen LogP contribution in [0.3, 0.4) is 0 Å². The normalized spacial score (nSPS) is 20.9. The van der Waals surface area contributed by atoms with Gasteiger partial charge in [-0.3, -0.25) is 9.69 Å². The molecule has 1 saturated carbocycles. The smallest absolute Gasteiger partial charge is 0.317 e. The maximum atomic E-state index is 13.2. The van der Waals surface area contributed by atoms with E-state index in [1.807, 2.05) is 30.6 Å². The predicted molar refractivity (Wildman–Crippen MR) is 105 cm³/mol. The van der Waals surface area contributed by atoms with E-state index in [2.05, 4.69) is 24.1 Å². The van der Waals surface area contributed by atoms with E-state index in [0.29, 0.717) is 19.0 Å². The number of carbonyl (C=O) groups is 2. The molecule has 2 fully saturated rings. The van der Waals surface area contributed by atoms with Gasteiger partial charge < -0.3 is 15.1 Å². The zero-order valence-corrected chi connectivity index (χ0v) is 17.4. The van der Waals surface area contributed by atoms with Crippen molar-refractivity contribution in [2.45, 2.75) is 71.9 Å². The third kappa shape index (κ3) is 5.35. The molecule has 0 aromatic heterocycles. The second-order valence-corrected chi connectivity index (χ2v) is 8.70. The number of hydrogen-bond donors (Lipinski definition) is 1. The molecule has 1 atom stereocenters. The topological polar surface area (TPSA) is 55.9 Å². The molecule has 0 bridgehead atoms. The van der Waals surface area contributed by atoms with E-state index in [1.165, 1.54) is 12.8 Å². The van der Waals surface area contributed by atoms with Gasteiger partial charge in [-0.1, -0.05) is 12.8 Å². The second-order valence-electron chi connectivity index (χ2n) is 8.70. The quantitative estimate of drug-likeness (QED) is 0.813. The molecule has 1 N–H and O–H groups in total. The second kappa shape index (κ2) is 9.07. The number of urea groups is 1. The van der Waals surface area contributed by atoms with Gasteiger partial charge in [0.05, 0.1) is 6.04 Å². The number of hydrogen-bond acceptors (Lipinski definition) is 3. The minimum Gasteiger partial charge on any atom is -0.342 e. The third-order valence-electron chi connectivity index (χ3n) is 5.65. The highest BCUT2D eigenvalue weighted by molar-refractivity contribution is 5.82. The van der Waals surface area contributed by atoms with Crippen LogP contribution in [0.25, 0.3) is 0 Å². The van der Waals surface area contributed by atoms with Crippen LogP contribution in [-0.4, -0.2) is 77.5 Å². The van der Waals surface area contributed by atoms with Gasteiger partial charge >= 0.3 is 6.03 Å². The highest BCUT2D eigenvalue weighted by atomic mass is 16.2. The van der Waals surface area contributed by atoms with Crippen LogP contribution in [0.1, 0.15) is 60.3 Å². The summed E-state index contributed by atoms with van der Waals surface area (Å²) < 4.78 is 0. The lowest BCUT2D eigenvalue weighted by Crippen LogP contribution is -2.60. The summed E-state index contributed by atoms with van der Waals surface area (Å²) in [4.78, 5) is 31.8. The van der Waals surface area contributed by atoms with Crippen LogP contribution >= 0.6 is 0 Å². The maximum Gasteiger partial charge on any atom is 0.317 e. The van der Waals surface area contributed by atoms with Gasteiger partial charge in [0.15, 0.2) is 0 Å². The Morgan fingerprint density at radius 3 is 2.04 bits per heavy atom. The van der Waals surface area contributed by atoms with Gasteiger partial charge in [0.2, 0.25) is 5.91 Å². The molecule has 2 aliphatic rings. The van der Waals surface area contributed by atoms with Crippen molar-refractivity contribution in [1.82, 2.24) is 20.0 Å². The number of carbonyl (C=O) groups excluding carboxylic acids is 2.